The Morgan fingerprint density at radius 3 is 2.25 bits per heavy atom. The van der Waals surface area contributed by atoms with Crippen LogP contribution in [-0.4, -0.2) is 58.1 Å². The lowest BCUT2D eigenvalue weighted by molar-refractivity contribution is -0.131. The Labute approximate surface area is 119 Å². The van der Waals surface area contributed by atoms with Gasteiger partial charge in [-0.15, -0.1) is 0 Å². The third-order valence-electron chi connectivity index (χ3n) is 3.31. The first-order valence-corrected chi connectivity index (χ1v) is 6.65. The van der Waals surface area contributed by atoms with Crippen LogP contribution in [0.15, 0.2) is 0 Å². The molecule has 0 aliphatic rings. The molecule has 0 aliphatic heterocycles. The summed E-state index contributed by atoms with van der Waals surface area (Å²) in [7, 11) is 3.25. The molecule has 1 heterocycles. The zero-order chi connectivity index (χ0) is 15.4. The van der Waals surface area contributed by atoms with Crippen molar-refractivity contribution in [2.45, 2.75) is 20.8 Å². The number of aryl methyl sites for hydroxylation is 2. The normalized spacial score (nSPS) is 10.4. The van der Waals surface area contributed by atoms with Crippen molar-refractivity contribution in [2.75, 3.05) is 32.4 Å². The summed E-state index contributed by atoms with van der Waals surface area (Å²) in [6.45, 7) is 6.85. The molecule has 0 aliphatic carbocycles. The van der Waals surface area contributed by atoms with E-state index < -0.39 is 0 Å². The molecule has 0 saturated heterocycles. The van der Waals surface area contributed by atoms with Crippen LogP contribution in [0.5, 0.6) is 0 Å². The van der Waals surface area contributed by atoms with Gasteiger partial charge in [0, 0.05) is 27.2 Å². The molecule has 0 atom stereocenters. The highest BCUT2D eigenvalue weighted by Gasteiger charge is 2.23. The molecule has 20 heavy (non-hydrogen) atoms. The fourth-order valence-electron chi connectivity index (χ4n) is 2.06. The van der Waals surface area contributed by atoms with Crippen molar-refractivity contribution < 1.29 is 9.59 Å². The monoisotopic (exact) mass is 281 g/mol. The van der Waals surface area contributed by atoms with Gasteiger partial charge < -0.3 is 15.5 Å². The van der Waals surface area contributed by atoms with Gasteiger partial charge in [0.1, 0.15) is 5.69 Å². The lowest BCUT2D eigenvalue weighted by Crippen LogP contribution is -2.41. The van der Waals surface area contributed by atoms with Crippen LogP contribution in [0.1, 0.15) is 30.0 Å². The second kappa shape index (κ2) is 6.40. The quantitative estimate of drug-likeness (QED) is 0.838. The van der Waals surface area contributed by atoms with E-state index in [0.29, 0.717) is 30.2 Å². The summed E-state index contributed by atoms with van der Waals surface area (Å²) in [5.74, 6) is -0.380. The van der Waals surface area contributed by atoms with E-state index in [-0.39, 0.29) is 18.4 Å². The lowest BCUT2D eigenvalue weighted by Gasteiger charge is -2.23. The predicted molar refractivity (Wildman–Crippen MR) is 77.2 cm³/mol. The average Bonchev–Trinajstić information content (AvgIpc) is 2.63. The number of nitrogens with two attached hydrogens (primary N) is 1. The summed E-state index contributed by atoms with van der Waals surface area (Å²) in [6, 6.07) is 0. The smallest absolute Gasteiger partial charge is 0.274 e. The minimum Gasteiger partial charge on any atom is -0.395 e. The number of hydrogen-bond donors (Lipinski definition) is 1. The SMILES string of the molecule is CCN(CC)C(=O)CN(C)C(=O)c1c(N)c(C)nn1C. The molecule has 0 bridgehead atoms. The van der Waals surface area contributed by atoms with Crippen molar-refractivity contribution >= 4 is 17.5 Å². The van der Waals surface area contributed by atoms with Crippen LogP contribution < -0.4 is 5.73 Å². The molecular weight excluding hydrogens is 258 g/mol. The van der Waals surface area contributed by atoms with Gasteiger partial charge in [0.2, 0.25) is 5.91 Å². The summed E-state index contributed by atoms with van der Waals surface area (Å²) in [5.41, 5.74) is 7.15. The predicted octanol–water partition coefficient (Wildman–Crippen LogP) is 0.251. The number of aromatic nitrogens is 2. The van der Waals surface area contributed by atoms with Crippen LogP contribution in [0.4, 0.5) is 5.69 Å². The highest BCUT2D eigenvalue weighted by Crippen LogP contribution is 2.16. The van der Waals surface area contributed by atoms with Gasteiger partial charge in [0.05, 0.1) is 17.9 Å². The molecule has 0 spiro atoms. The number of anilines is 1. The number of nitrogens with zero attached hydrogens (tertiary/aromatic N) is 4. The third-order valence-corrected chi connectivity index (χ3v) is 3.31. The maximum atomic E-state index is 12.3. The van der Waals surface area contributed by atoms with E-state index in [1.165, 1.54) is 9.58 Å². The first-order chi connectivity index (χ1) is 9.33. The summed E-state index contributed by atoms with van der Waals surface area (Å²) >= 11 is 0. The van der Waals surface area contributed by atoms with Crippen molar-refractivity contribution in [3.05, 3.63) is 11.4 Å². The van der Waals surface area contributed by atoms with Gasteiger partial charge in [-0.25, -0.2) is 0 Å². The fourth-order valence-corrected chi connectivity index (χ4v) is 2.06. The van der Waals surface area contributed by atoms with Gasteiger partial charge in [-0.3, -0.25) is 14.3 Å². The minimum atomic E-state index is -0.300. The van der Waals surface area contributed by atoms with Crippen molar-refractivity contribution in [2.24, 2.45) is 7.05 Å². The van der Waals surface area contributed by atoms with Crippen molar-refractivity contribution in [3.8, 4) is 0 Å². The Kier molecular flexibility index (Phi) is 5.12. The van der Waals surface area contributed by atoms with Gasteiger partial charge in [0.25, 0.3) is 5.91 Å². The fraction of sp³-hybridized carbons (Fsp3) is 0.615. The molecule has 1 rings (SSSR count). The van der Waals surface area contributed by atoms with Gasteiger partial charge in [-0.1, -0.05) is 0 Å². The zero-order valence-electron chi connectivity index (χ0n) is 12.8. The number of amides is 2. The Bertz CT molecular complexity index is 505. The molecule has 2 N–H and O–H groups in total. The maximum absolute atomic E-state index is 12.3. The Balaban J connectivity index is 2.85. The molecule has 0 aromatic carbocycles. The van der Waals surface area contributed by atoms with Gasteiger partial charge >= 0.3 is 0 Å². The molecule has 0 saturated carbocycles. The maximum Gasteiger partial charge on any atom is 0.274 e. The summed E-state index contributed by atoms with van der Waals surface area (Å²) in [6.07, 6.45) is 0. The molecular formula is C13H23N5O2. The van der Waals surface area contributed by atoms with Gasteiger partial charge in [-0.05, 0) is 20.8 Å². The number of hydrogen-bond acceptors (Lipinski definition) is 4. The number of likely N-dealkylation sites (N-methyl/N-ethyl adjacent to an activating group) is 2. The Morgan fingerprint density at radius 2 is 1.85 bits per heavy atom. The second-order valence-electron chi connectivity index (χ2n) is 4.70. The standard InChI is InChI=1S/C13H23N5O2/c1-6-18(7-2)10(19)8-16(4)13(20)12-11(14)9(3)15-17(12)5/h6-8,14H2,1-5H3. The molecule has 7 nitrogen and oxygen atoms in total. The topological polar surface area (TPSA) is 84.5 Å². The van der Waals surface area contributed by atoms with Crippen LogP contribution in [0.3, 0.4) is 0 Å². The van der Waals surface area contributed by atoms with E-state index in [2.05, 4.69) is 5.10 Å². The number of rotatable bonds is 5. The van der Waals surface area contributed by atoms with Crippen LogP contribution >= 0.6 is 0 Å². The van der Waals surface area contributed by atoms with Crippen LogP contribution in [0.25, 0.3) is 0 Å². The summed E-state index contributed by atoms with van der Waals surface area (Å²) in [4.78, 5) is 27.4. The molecule has 2 amide bonds. The van der Waals surface area contributed by atoms with Crippen molar-refractivity contribution in [3.63, 3.8) is 0 Å². The molecule has 1 aromatic heterocycles. The first-order valence-electron chi connectivity index (χ1n) is 6.65. The van der Waals surface area contributed by atoms with Crippen LogP contribution in [-0.2, 0) is 11.8 Å². The third kappa shape index (κ3) is 3.09. The van der Waals surface area contributed by atoms with Crippen molar-refractivity contribution in [1.82, 2.24) is 19.6 Å². The Morgan fingerprint density at radius 1 is 1.30 bits per heavy atom. The van der Waals surface area contributed by atoms with Crippen molar-refractivity contribution in [1.29, 1.82) is 0 Å². The molecule has 7 heteroatoms. The summed E-state index contributed by atoms with van der Waals surface area (Å²) < 4.78 is 1.45. The molecule has 112 valence electrons. The Hall–Kier alpha value is -2.05. The number of nitrogen functional groups attached to an aromatic ring is 1. The molecule has 1 aromatic rings. The van der Waals surface area contributed by atoms with E-state index in [1.807, 2.05) is 13.8 Å². The average molecular weight is 281 g/mol. The van der Waals surface area contributed by atoms with Crippen LogP contribution in [0, 0.1) is 6.92 Å². The van der Waals surface area contributed by atoms with E-state index in [4.69, 9.17) is 5.73 Å². The van der Waals surface area contributed by atoms with E-state index in [0.717, 1.165) is 0 Å². The number of carbonyl (C=O) groups is 2. The largest absolute Gasteiger partial charge is 0.395 e. The zero-order valence-corrected chi connectivity index (χ0v) is 12.8. The van der Waals surface area contributed by atoms with E-state index >= 15 is 0 Å². The molecule has 0 unspecified atom stereocenters. The summed E-state index contributed by atoms with van der Waals surface area (Å²) in [5, 5.41) is 4.11. The molecule has 0 fully saturated rings. The highest BCUT2D eigenvalue weighted by atomic mass is 16.2. The van der Waals surface area contributed by atoms with Gasteiger partial charge in [0.15, 0.2) is 0 Å². The molecule has 0 radical (unpaired) electrons. The van der Waals surface area contributed by atoms with E-state index in [9.17, 15) is 9.59 Å². The lowest BCUT2D eigenvalue weighted by atomic mass is 10.2. The number of carbonyl (C=O) groups excluding carboxylic acids is 2. The van der Waals surface area contributed by atoms with Crippen LogP contribution in [0.2, 0.25) is 0 Å². The first kappa shape index (κ1) is 16.0. The van der Waals surface area contributed by atoms with Gasteiger partial charge in [-0.2, -0.15) is 5.10 Å². The minimum absolute atomic E-state index is 0.0319. The van der Waals surface area contributed by atoms with E-state index in [1.54, 1.807) is 25.9 Å². The second-order valence-corrected chi connectivity index (χ2v) is 4.70. The highest BCUT2D eigenvalue weighted by molar-refractivity contribution is 5.99.